The second-order valence-electron chi connectivity index (χ2n) is 3.38. The fourth-order valence-corrected chi connectivity index (χ4v) is 1.89. The fraction of sp³-hybridized carbons (Fsp3) is 0.778. The molecular weight excluding hydrogens is 140 g/mol. The van der Waals surface area contributed by atoms with Crippen molar-refractivity contribution in [2.24, 2.45) is 5.92 Å². The topological polar surface area (TPSA) is 18.5 Å². The monoisotopic (exact) mass is 154 g/mol. The van der Waals surface area contributed by atoms with Crippen LogP contribution in [-0.2, 0) is 9.47 Å². The molecule has 0 aromatic rings. The zero-order valence-electron chi connectivity index (χ0n) is 6.88. The largest absolute Gasteiger partial charge is 0.352 e. The third-order valence-corrected chi connectivity index (χ3v) is 2.60. The quantitative estimate of drug-likeness (QED) is 0.494. The van der Waals surface area contributed by atoms with Crippen molar-refractivity contribution in [1.82, 2.24) is 0 Å². The molecule has 62 valence electrons. The number of ether oxygens (including phenoxy) is 2. The Bertz CT molecular complexity index is 176. The van der Waals surface area contributed by atoms with Crippen LogP contribution in [0, 0.1) is 5.92 Å². The van der Waals surface area contributed by atoms with Gasteiger partial charge < -0.3 is 9.47 Å². The molecule has 0 amide bonds. The summed E-state index contributed by atoms with van der Waals surface area (Å²) in [6.45, 7) is 6.77. The van der Waals surface area contributed by atoms with Gasteiger partial charge >= 0.3 is 0 Å². The van der Waals surface area contributed by atoms with E-state index in [1.165, 1.54) is 5.57 Å². The Morgan fingerprint density at radius 2 is 2.36 bits per heavy atom. The van der Waals surface area contributed by atoms with Gasteiger partial charge in [0.05, 0.1) is 12.7 Å². The molecule has 2 fully saturated rings. The van der Waals surface area contributed by atoms with Gasteiger partial charge in [-0.3, -0.25) is 0 Å². The molecule has 2 aliphatic rings. The van der Waals surface area contributed by atoms with Gasteiger partial charge in [-0.25, -0.2) is 0 Å². The molecule has 3 atom stereocenters. The molecule has 1 saturated carbocycles. The van der Waals surface area contributed by atoms with Crippen LogP contribution < -0.4 is 0 Å². The summed E-state index contributed by atoms with van der Waals surface area (Å²) in [7, 11) is 0. The highest BCUT2D eigenvalue weighted by atomic mass is 16.7. The van der Waals surface area contributed by atoms with Gasteiger partial charge in [0.15, 0.2) is 6.29 Å². The SMILES string of the molecule is C=C1CC[C@@H]2O[C@H](C)OC[C@@H]12. The normalized spacial score (nSPS) is 44.1. The predicted molar refractivity (Wildman–Crippen MR) is 42.2 cm³/mol. The van der Waals surface area contributed by atoms with Crippen LogP contribution in [0.5, 0.6) is 0 Å². The van der Waals surface area contributed by atoms with E-state index in [9.17, 15) is 0 Å². The molecule has 0 spiro atoms. The van der Waals surface area contributed by atoms with Gasteiger partial charge in [-0.2, -0.15) is 0 Å². The molecule has 1 heterocycles. The van der Waals surface area contributed by atoms with Crippen molar-refractivity contribution in [3.05, 3.63) is 12.2 Å². The van der Waals surface area contributed by atoms with Gasteiger partial charge in [0, 0.05) is 5.92 Å². The average molecular weight is 154 g/mol. The minimum Gasteiger partial charge on any atom is -0.352 e. The third-order valence-electron chi connectivity index (χ3n) is 2.60. The molecule has 1 aliphatic heterocycles. The molecule has 0 unspecified atom stereocenters. The van der Waals surface area contributed by atoms with Crippen LogP contribution in [0.4, 0.5) is 0 Å². The van der Waals surface area contributed by atoms with Crippen molar-refractivity contribution in [2.75, 3.05) is 6.61 Å². The summed E-state index contributed by atoms with van der Waals surface area (Å²) in [5.74, 6) is 0.478. The van der Waals surface area contributed by atoms with Gasteiger partial charge in [0.25, 0.3) is 0 Å². The van der Waals surface area contributed by atoms with Crippen molar-refractivity contribution >= 4 is 0 Å². The minimum absolute atomic E-state index is 0.0119. The number of fused-ring (bicyclic) bond motifs is 1. The van der Waals surface area contributed by atoms with Crippen LogP contribution in [0.2, 0.25) is 0 Å². The molecule has 1 saturated heterocycles. The molecule has 0 aromatic carbocycles. The molecule has 0 radical (unpaired) electrons. The first-order valence-corrected chi connectivity index (χ1v) is 4.22. The Labute approximate surface area is 67.2 Å². The summed E-state index contributed by atoms with van der Waals surface area (Å²) in [5.41, 5.74) is 1.31. The summed E-state index contributed by atoms with van der Waals surface area (Å²) < 4.78 is 11.0. The maximum atomic E-state index is 5.60. The highest BCUT2D eigenvalue weighted by Crippen LogP contribution is 2.36. The van der Waals surface area contributed by atoms with Gasteiger partial charge in [-0.15, -0.1) is 0 Å². The molecule has 1 aliphatic carbocycles. The van der Waals surface area contributed by atoms with E-state index in [2.05, 4.69) is 6.58 Å². The van der Waals surface area contributed by atoms with Crippen LogP contribution in [0.25, 0.3) is 0 Å². The maximum Gasteiger partial charge on any atom is 0.155 e. The first kappa shape index (κ1) is 7.32. The molecule has 0 N–H and O–H groups in total. The van der Waals surface area contributed by atoms with Crippen LogP contribution in [-0.4, -0.2) is 19.0 Å². The fourth-order valence-electron chi connectivity index (χ4n) is 1.89. The van der Waals surface area contributed by atoms with Crippen molar-refractivity contribution in [3.63, 3.8) is 0 Å². The first-order valence-electron chi connectivity index (χ1n) is 4.22. The molecule has 11 heavy (non-hydrogen) atoms. The van der Waals surface area contributed by atoms with E-state index in [0.717, 1.165) is 19.4 Å². The van der Waals surface area contributed by atoms with Crippen molar-refractivity contribution in [1.29, 1.82) is 0 Å². The number of hydrogen-bond donors (Lipinski definition) is 0. The first-order chi connectivity index (χ1) is 5.27. The molecule has 2 heteroatoms. The third kappa shape index (κ3) is 1.21. The van der Waals surface area contributed by atoms with Crippen LogP contribution >= 0.6 is 0 Å². The van der Waals surface area contributed by atoms with Crippen LogP contribution in [0.1, 0.15) is 19.8 Å². The van der Waals surface area contributed by atoms with E-state index in [4.69, 9.17) is 9.47 Å². The highest BCUT2D eigenvalue weighted by Gasteiger charge is 2.36. The standard InChI is InChI=1S/C9H14O2/c1-6-3-4-9-8(6)5-10-7(2)11-9/h7-9H,1,3-5H2,2H3/t7-,8+,9+/m1/s1. The lowest BCUT2D eigenvalue weighted by atomic mass is 10.0. The van der Waals surface area contributed by atoms with E-state index in [1.807, 2.05) is 6.92 Å². The zero-order valence-corrected chi connectivity index (χ0v) is 6.88. The summed E-state index contributed by atoms with van der Waals surface area (Å²) in [6, 6.07) is 0. The van der Waals surface area contributed by atoms with Gasteiger partial charge in [0.1, 0.15) is 0 Å². The van der Waals surface area contributed by atoms with Crippen molar-refractivity contribution in [3.8, 4) is 0 Å². The van der Waals surface area contributed by atoms with E-state index < -0.39 is 0 Å². The predicted octanol–water partition coefficient (Wildman–Crippen LogP) is 1.71. The Morgan fingerprint density at radius 1 is 1.55 bits per heavy atom. The summed E-state index contributed by atoms with van der Waals surface area (Å²) in [5, 5.41) is 0. The van der Waals surface area contributed by atoms with Gasteiger partial charge in [-0.1, -0.05) is 12.2 Å². The molecule has 2 rings (SSSR count). The summed E-state index contributed by atoms with van der Waals surface area (Å²) >= 11 is 0. The van der Waals surface area contributed by atoms with Crippen molar-refractivity contribution in [2.45, 2.75) is 32.2 Å². The Hall–Kier alpha value is -0.340. The molecule has 0 aromatic heterocycles. The lowest BCUT2D eigenvalue weighted by molar-refractivity contribution is -0.214. The van der Waals surface area contributed by atoms with E-state index in [0.29, 0.717) is 12.0 Å². The number of rotatable bonds is 0. The van der Waals surface area contributed by atoms with E-state index in [1.54, 1.807) is 0 Å². The summed E-state index contributed by atoms with van der Waals surface area (Å²) in [4.78, 5) is 0. The van der Waals surface area contributed by atoms with Gasteiger partial charge in [-0.05, 0) is 19.8 Å². The molecule has 0 bridgehead atoms. The average Bonchev–Trinajstić information content (AvgIpc) is 2.32. The second-order valence-corrected chi connectivity index (χ2v) is 3.38. The van der Waals surface area contributed by atoms with Crippen LogP contribution in [0.3, 0.4) is 0 Å². The lowest BCUT2D eigenvalue weighted by Gasteiger charge is -2.30. The smallest absolute Gasteiger partial charge is 0.155 e. The van der Waals surface area contributed by atoms with Gasteiger partial charge in [0.2, 0.25) is 0 Å². The van der Waals surface area contributed by atoms with Crippen molar-refractivity contribution < 1.29 is 9.47 Å². The van der Waals surface area contributed by atoms with E-state index >= 15 is 0 Å². The lowest BCUT2D eigenvalue weighted by Crippen LogP contribution is -2.35. The molecular formula is C9H14O2. The Morgan fingerprint density at radius 3 is 3.18 bits per heavy atom. The van der Waals surface area contributed by atoms with Crippen LogP contribution in [0.15, 0.2) is 12.2 Å². The second kappa shape index (κ2) is 2.61. The zero-order chi connectivity index (χ0) is 7.84. The summed E-state index contributed by atoms with van der Waals surface area (Å²) in [6.07, 6.45) is 2.64. The number of hydrogen-bond acceptors (Lipinski definition) is 2. The maximum absolute atomic E-state index is 5.60. The minimum atomic E-state index is -0.0119. The Balaban J connectivity index is 2.06. The Kier molecular flexibility index (Phi) is 1.74. The highest BCUT2D eigenvalue weighted by molar-refractivity contribution is 5.10. The van der Waals surface area contributed by atoms with E-state index in [-0.39, 0.29) is 6.29 Å². The molecule has 2 nitrogen and oxygen atoms in total.